The van der Waals surface area contributed by atoms with E-state index in [4.69, 9.17) is 4.74 Å². The third-order valence-corrected chi connectivity index (χ3v) is 5.41. The number of aliphatic carboxylic acids is 1. The number of fused-ring (bicyclic) bond motifs is 3. The number of carboxylic acids is 1. The summed E-state index contributed by atoms with van der Waals surface area (Å²) in [5.74, 6) is -2.14. The molecule has 4 nitrogen and oxygen atoms in total. The summed E-state index contributed by atoms with van der Waals surface area (Å²) >= 11 is 0. The molecule has 0 aliphatic heterocycles. The van der Waals surface area contributed by atoms with E-state index >= 15 is 0 Å². The molecular formula is C22H24O4. The standard InChI is InChI=1S/C22H24O4/c1-3-14(2)19(22(24)25)12-21(23)26-13-20-17-10-6-4-8-15(17)16-9-5-7-11-18(16)20/h4-11,14,19-20H,3,12-13H2,1-2H3,(H,24,25)/t14-,19-/m0/s1. The molecule has 0 bridgehead atoms. The molecule has 0 saturated carbocycles. The minimum Gasteiger partial charge on any atom is -0.481 e. The van der Waals surface area contributed by atoms with Crippen molar-refractivity contribution in [2.45, 2.75) is 32.6 Å². The maximum atomic E-state index is 12.3. The molecule has 0 fully saturated rings. The Kier molecular flexibility index (Phi) is 5.40. The number of rotatable bonds is 7. The van der Waals surface area contributed by atoms with Crippen LogP contribution in [-0.2, 0) is 14.3 Å². The van der Waals surface area contributed by atoms with Crippen LogP contribution < -0.4 is 0 Å². The number of hydrogen-bond acceptors (Lipinski definition) is 3. The molecule has 0 amide bonds. The molecule has 0 unspecified atom stereocenters. The van der Waals surface area contributed by atoms with Gasteiger partial charge < -0.3 is 9.84 Å². The van der Waals surface area contributed by atoms with Gasteiger partial charge in [-0.1, -0.05) is 68.8 Å². The minimum atomic E-state index is -0.937. The topological polar surface area (TPSA) is 63.6 Å². The maximum Gasteiger partial charge on any atom is 0.307 e. The molecule has 2 atom stereocenters. The van der Waals surface area contributed by atoms with Gasteiger partial charge in [0.05, 0.1) is 12.3 Å². The zero-order chi connectivity index (χ0) is 18.7. The first-order valence-corrected chi connectivity index (χ1v) is 9.09. The highest BCUT2D eigenvalue weighted by Gasteiger charge is 2.31. The molecule has 26 heavy (non-hydrogen) atoms. The molecule has 0 saturated heterocycles. The highest BCUT2D eigenvalue weighted by molar-refractivity contribution is 5.80. The van der Waals surface area contributed by atoms with Crippen LogP contribution in [0, 0.1) is 11.8 Å². The molecule has 1 aliphatic carbocycles. The highest BCUT2D eigenvalue weighted by Crippen LogP contribution is 2.44. The van der Waals surface area contributed by atoms with Gasteiger partial charge >= 0.3 is 11.9 Å². The van der Waals surface area contributed by atoms with Crippen LogP contribution in [0.2, 0.25) is 0 Å². The number of esters is 1. The van der Waals surface area contributed by atoms with Crippen molar-refractivity contribution in [3.63, 3.8) is 0 Å². The summed E-state index contributed by atoms with van der Waals surface area (Å²) in [6, 6.07) is 16.3. The molecule has 0 spiro atoms. The van der Waals surface area contributed by atoms with Gasteiger partial charge in [-0.25, -0.2) is 0 Å². The van der Waals surface area contributed by atoms with E-state index in [0.29, 0.717) is 6.42 Å². The molecule has 0 aromatic heterocycles. The van der Waals surface area contributed by atoms with Crippen molar-refractivity contribution in [2.75, 3.05) is 6.61 Å². The second-order valence-electron chi connectivity index (χ2n) is 6.94. The summed E-state index contributed by atoms with van der Waals surface area (Å²) < 4.78 is 5.51. The minimum absolute atomic E-state index is 0.00164. The van der Waals surface area contributed by atoms with Gasteiger partial charge in [0.25, 0.3) is 0 Å². The Bertz CT molecular complexity index is 766. The van der Waals surface area contributed by atoms with E-state index in [1.54, 1.807) is 0 Å². The van der Waals surface area contributed by atoms with Crippen molar-refractivity contribution in [1.82, 2.24) is 0 Å². The SMILES string of the molecule is CC[C@H](C)[C@H](CC(=O)OCC1c2ccccc2-c2ccccc21)C(=O)O. The number of carbonyl (C=O) groups excluding carboxylic acids is 1. The lowest BCUT2D eigenvalue weighted by molar-refractivity contribution is -0.153. The van der Waals surface area contributed by atoms with Crippen LogP contribution in [0.5, 0.6) is 0 Å². The lowest BCUT2D eigenvalue weighted by Gasteiger charge is -2.19. The monoisotopic (exact) mass is 352 g/mol. The molecule has 0 radical (unpaired) electrons. The van der Waals surface area contributed by atoms with Crippen LogP contribution in [-0.4, -0.2) is 23.7 Å². The van der Waals surface area contributed by atoms with Gasteiger partial charge in [-0.05, 0) is 28.2 Å². The van der Waals surface area contributed by atoms with Gasteiger partial charge in [0.15, 0.2) is 0 Å². The average Bonchev–Trinajstić information content (AvgIpc) is 2.97. The van der Waals surface area contributed by atoms with Crippen molar-refractivity contribution in [1.29, 1.82) is 0 Å². The van der Waals surface area contributed by atoms with Crippen LogP contribution in [0.1, 0.15) is 43.7 Å². The van der Waals surface area contributed by atoms with E-state index in [1.165, 1.54) is 11.1 Å². The first kappa shape index (κ1) is 18.2. The van der Waals surface area contributed by atoms with Crippen molar-refractivity contribution >= 4 is 11.9 Å². The Morgan fingerprint density at radius 1 is 1.04 bits per heavy atom. The van der Waals surface area contributed by atoms with E-state index in [1.807, 2.05) is 38.1 Å². The smallest absolute Gasteiger partial charge is 0.307 e. The molecule has 136 valence electrons. The van der Waals surface area contributed by atoms with Crippen molar-refractivity contribution in [2.24, 2.45) is 11.8 Å². The number of benzene rings is 2. The van der Waals surface area contributed by atoms with Gasteiger partial charge in [0.1, 0.15) is 6.61 Å². The fourth-order valence-electron chi connectivity index (χ4n) is 3.67. The molecule has 2 aromatic carbocycles. The van der Waals surface area contributed by atoms with Crippen molar-refractivity contribution in [3.8, 4) is 11.1 Å². The lowest BCUT2D eigenvalue weighted by atomic mass is 9.89. The van der Waals surface area contributed by atoms with Crippen LogP contribution in [0.3, 0.4) is 0 Å². The highest BCUT2D eigenvalue weighted by atomic mass is 16.5. The van der Waals surface area contributed by atoms with Gasteiger partial charge in [0, 0.05) is 5.92 Å². The van der Waals surface area contributed by atoms with Gasteiger partial charge in [-0.2, -0.15) is 0 Å². The number of ether oxygens (including phenoxy) is 1. The van der Waals surface area contributed by atoms with Crippen molar-refractivity contribution in [3.05, 3.63) is 59.7 Å². The Labute approximate surface area is 153 Å². The summed E-state index contributed by atoms with van der Waals surface area (Å²) in [4.78, 5) is 23.7. The molecule has 1 N–H and O–H groups in total. The predicted octanol–water partition coefficient (Wildman–Crippen LogP) is 4.48. The van der Waals surface area contributed by atoms with Crippen LogP contribution in [0.15, 0.2) is 48.5 Å². The van der Waals surface area contributed by atoms with Crippen LogP contribution in [0.25, 0.3) is 11.1 Å². The zero-order valence-electron chi connectivity index (χ0n) is 15.1. The molecule has 0 heterocycles. The van der Waals surface area contributed by atoms with Crippen LogP contribution >= 0.6 is 0 Å². The summed E-state index contributed by atoms with van der Waals surface area (Å²) in [5.41, 5.74) is 4.65. The van der Waals surface area contributed by atoms with Gasteiger partial charge in [-0.3, -0.25) is 9.59 Å². The second-order valence-corrected chi connectivity index (χ2v) is 6.94. The predicted molar refractivity (Wildman–Crippen MR) is 99.9 cm³/mol. The van der Waals surface area contributed by atoms with Crippen molar-refractivity contribution < 1.29 is 19.4 Å². The van der Waals surface area contributed by atoms with Crippen LogP contribution in [0.4, 0.5) is 0 Å². The number of hydrogen-bond donors (Lipinski definition) is 1. The molecule has 3 rings (SSSR count). The Hall–Kier alpha value is -2.62. The fourth-order valence-corrected chi connectivity index (χ4v) is 3.67. The summed E-state index contributed by atoms with van der Waals surface area (Å²) in [6.45, 7) is 4.02. The number of carboxylic acid groups (broad SMARTS) is 1. The fraction of sp³-hybridized carbons (Fsp3) is 0.364. The molecule has 1 aliphatic rings. The Morgan fingerprint density at radius 2 is 1.58 bits per heavy atom. The molecule has 2 aromatic rings. The summed E-state index contributed by atoms with van der Waals surface area (Å²) in [6.07, 6.45) is 0.633. The van der Waals surface area contributed by atoms with Gasteiger partial charge in [-0.15, -0.1) is 0 Å². The first-order valence-electron chi connectivity index (χ1n) is 9.09. The lowest BCUT2D eigenvalue weighted by Crippen LogP contribution is -2.26. The zero-order valence-corrected chi connectivity index (χ0v) is 15.1. The third kappa shape index (κ3) is 3.50. The van der Waals surface area contributed by atoms with Gasteiger partial charge in [0.2, 0.25) is 0 Å². The largest absolute Gasteiger partial charge is 0.481 e. The summed E-state index contributed by atoms with van der Waals surface area (Å²) in [7, 11) is 0. The maximum absolute atomic E-state index is 12.3. The molecule has 4 heteroatoms. The third-order valence-electron chi connectivity index (χ3n) is 5.41. The van der Waals surface area contributed by atoms with E-state index in [-0.39, 0.29) is 24.9 Å². The first-order chi connectivity index (χ1) is 12.5. The van der Waals surface area contributed by atoms with E-state index in [9.17, 15) is 14.7 Å². The Balaban J connectivity index is 1.72. The quantitative estimate of drug-likeness (QED) is 0.746. The van der Waals surface area contributed by atoms with E-state index < -0.39 is 17.9 Å². The summed E-state index contributed by atoms with van der Waals surface area (Å²) in [5, 5.41) is 9.36. The normalized spacial score (nSPS) is 15.0. The van der Waals surface area contributed by atoms with E-state index in [0.717, 1.165) is 11.1 Å². The van der Waals surface area contributed by atoms with E-state index in [2.05, 4.69) is 24.3 Å². The molecular weight excluding hydrogens is 328 g/mol. The average molecular weight is 352 g/mol. The number of carbonyl (C=O) groups is 2. The Morgan fingerprint density at radius 3 is 2.08 bits per heavy atom. The second kappa shape index (κ2) is 7.73.